The minimum Gasteiger partial charge on any atom is -0.312 e. The van der Waals surface area contributed by atoms with Crippen LogP contribution in [0.25, 0.3) is 10.8 Å². The van der Waals surface area contributed by atoms with Crippen molar-refractivity contribution in [3.8, 4) is 0 Å². The van der Waals surface area contributed by atoms with Crippen LogP contribution in [0.2, 0.25) is 0 Å². The van der Waals surface area contributed by atoms with E-state index in [9.17, 15) is 8.42 Å². The first-order chi connectivity index (χ1) is 11.1. The third-order valence-electron chi connectivity index (χ3n) is 4.28. The third kappa shape index (κ3) is 4.72. The summed E-state index contributed by atoms with van der Waals surface area (Å²) in [5, 5.41) is 6.02. The number of fused-ring (bicyclic) bond motifs is 1. The molecule has 1 fully saturated rings. The lowest BCUT2D eigenvalue weighted by atomic mass is 10.1. The van der Waals surface area contributed by atoms with Crippen LogP contribution in [-0.4, -0.2) is 38.3 Å². The van der Waals surface area contributed by atoms with Crippen LogP contribution in [0.3, 0.4) is 0 Å². The molecule has 0 aliphatic carbocycles. The maximum absolute atomic E-state index is 11.6. The van der Waals surface area contributed by atoms with Gasteiger partial charge in [0.25, 0.3) is 0 Å². The fraction of sp³-hybridized carbons (Fsp3) is 0.444. The highest BCUT2D eigenvalue weighted by Gasteiger charge is 2.23. The van der Waals surface area contributed by atoms with Gasteiger partial charge in [0.1, 0.15) is 0 Å². The van der Waals surface area contributed by atoms with Crippen molar-refractivity contribution < 1.29 is 8.42 Å². The van der Waals surface area contributed by atoms with Gasteiger partial charge in [-0.15, -0.1) is 0 Å². The van der Waals surface area contributed by atoms with Crippen molar-refractivity contribution in [3.63, 3.8) is 0 Å². The van der Waals surface area contributed by atoms with E-state index < -0.39 is 9.84 Å². The van der Waals surface area contributed by atoms with E-state index in [2.05, 4.69) is 47.8 Å². The van der Waals surface area contributed by atoms with Crippen LogP contribution in [0.1, 0.15) is 18.4 Å². The maximum Gasteiger partial charge on any atom is 0.151 e. The molecule has 2 aromatic carbocycles. The van der Waals surface area contributed by atoms with Gasteiger partial charge in [-0.3, -0.25) is 0 Å². The van der Waals surface area contributed by atoms with Gasteiger partial charge in [-0.2, -0.15) is 11.8 Å². The van der Waals surface area contributed by atoms with Gasteiger partial charge < -0.3 is 5.32 Å². The standard InChI is InChI=1S/C18H23NO2S2/c20-23(21)12-4-8-17(14-23)19-10-11-22-13-16-7-3-6-15-5-1-2-9-18(15)16/h1-3,5-7,9,17,19H,4,8,10-14H2. The van der Waals surface area contributed by atoms with Gasteiger partial charge in [0.15, 0.2) is 9.84 Å². The summed E-state index contributed by atoms with van der Waals surface area (Å²) in [5.74, 6) is 2.66. The molecule has 0 radical (unpaired) electrons. The summed E-state index contributed by atoms with van der Waals surface area (Å²) in [6.07, 6.45) is 1.77. The molecule has 2 aromatic rings. The van der Waals surface area contributed by atoms with Gasteiger partial charge in [-0.1, -0.05) is 42.5 Å². The van der Waals surface area contributed by atoms with Crippen molar-refractivity contribution >= 4 is 32.4 Å². The molecule has 3 rings (SSSR count). The molecular weight excluding hydrogens is 326 g/mol. The highest BCUT2D eigenvalue weighted by Crippen LogP contribution is 2.22. The zero-order valence-electron chi connectivity index (χ0n) is 13.2. The Labute approximate surface area is 142 Å². The van der Waals surface area contributed by atoms with Crippen molar-refractivity contribution in [1.29, 1.82) is 0 Å². The Bertz CT molecular complexity index is 753. The number of hydrogen-bond acceptors (Lipinski definition) is 4. The predicted molar refractivity (Wildman–Crippen MR) is 99.8 cm³/mol. The number of hydrogen-bond donors (Lipinski definition) is 1. The van der Waals surface area contributed by atoms with E-state index in [0.717, 1.165) is 30.9 Å². The van der Waals surface area contributed by atoms with Crippen LogP contribution in [-0.2, 0) is 15.6 Å². The lowest BCUT2D eigenvalue weighted by Crippen LogP contribution is -2.41. The molecule has 0 bridgehead atoms. The van der Waals surface area contributed by atoms with Crippen LogP contribution < -0.4 is 5.32 Å². The topological polar surface area (TPSA) is 46.2 Å². The van der Waals surface area contributed by atoms with Crippen LogP contribution in [0.5, 0.6) is 0 Å². The smallest absolute Gasteiger partial charge is 0.151 e. The zero-order valence-corrected chi connectivity index (χ0v) is 14.8. The average Bonchev–Trinajstić information content (AvgIpc) is 2.54. The number of nitrogens with one attached hydrogen (secondary N) is 1. The van der Waals surface area contributed by atoms with Gasteiger partial charge in [-0.05, 0) is 29.2 Å². The second-order valence-electron chi connectivity index (χ2n) is 6.10. The molecule has 0 spiro atoms. The van der Waals surface area contributed by atoms with Crippen molar-refractivity contribution in [3.05, 3.63) is 48.0 Å². The Morgan fingerprint density at radius 1 is 1.13 bits per heavy atom. The summed E-state index contributed by atoms with van der Waals surface area (Å²) in [6.45, 7) is 0.871. The minimum absolute atomic E-state index is 0.145. The van der Waals surface area contributed by atoms with Crippen molar-refractivity contribution in [2.45, 2.75) is 24.6 Å². The Morgan fingerprint density at radius 2 is 1.96 bits per heavy atom. The van der Waals surface area contributed by atoms with Crippen molar-refractivity contribution in [2.75, 3.05) is 23.8 Å². The van der Waals surface area contributed by atoms with Crippen LogP contribution in [0, 0.1) is 0 Å². The van der Waals surface area contributed by atoms with E-state index in [0.29, 0.717) is 11.5 Å². The number of rotatable bonds is 6. The second kappa shape index (κ2) is 7.69. The van der Waals surface area contributed by atoms with Crippen LogP contribution in [0.4, 0.5) is 0 Å². The highest BCUT2D eigenvalue weighted by atomic mass is 32.2. The van der Waals surface area contributed by atoms with Gasteiger partial charge >= 0.3 is 0 Å². The van der Waals surface area contributed by atoms with E-state index in [4.69, 9.17) is 0 Å². The predicted octanol–water partition coefficient (Wildman–Crippen LogP) is 3.24. The maximum atomic E-state index is 11.6. The molecule has 124 valence electrons. The molecule has 1 atom stereocenters. The first kappa shape index (κ1) is 16.8. The molecule has 1 unspecified atom stereocenters. The molecular formula is C18H23NO2S2. The average molecular weight is 350 g/mol. The fourth-order valence-electron chi connectivity index (χ4n) is 3.12. The van der Waals surface area contributed by atoms with E-state index >= 15 is 0 Å². The molecule has 0 amide bonds. The molecule has 3 nitrogen and oxygen atoms in total. The molecule has 0 saturated carbocycles. The normalized spacial score (nSPS) is 20.6. The molecule has 23 heavy (non-hydrogen) atoms. The van der Waals surface area contributed by atoms with E-state index in [1.807, 2.05) is 11.8 Å². The second-order valence-corrected chi connectivity index (χ2v) is 9.43. The molecule has 1 aliphatic rings. The Hall–Kier alpha value is -1.04. The Balaban J connectivity index is 1.45. The molecule has 1 heterocycles. The molecule has 5 heteroatoms. The summed E-state index contributed by atoms with van der Waals surface area (Å²) in [4.78, 5) is 0. The zero-order chi connectivity index (χ0) is 16.1. The highest BCUT2D eigenvalue weighted by molar-refractivity contribution is 7.98. The molecule has 1 saturated heterocycles. The van der Waals surface area contributed by atoms with Gasteiger partial charge in [-0.25, -0.2) is 8.42 Å². The monoisotopic (exact) mass is 349 g/mol. The van der Waals surface area contributed by atoms with Crippen LogP contribution in [0.15, 0.2) is 42.5 Å². The lowest BCUT2D eigenvalue weighted by molar-refractivity contribution is 0.492. The van der Waals surface area contributed by atoms with Crippen molar-refractivity contribution in [1.82, 2.24) is 5.32 Å². The van der Waals surface area contributed by atoms with E-state index in [1.165, 1.54) is 16.3 Å². The summed E-state index contributed by atoms with van der Waals surface area (Å²) in [6, 6.07) is 15.1. The first-order valence-electron chi connectivity index (χ1n) is 8.12. The van der Waals surface area contributed by atoms with Crippen LogP contribution >= 0.6 is 11.8 Å². The summed E-state index contributed by atoms with van der Waals surface area (Å²) < 4.78 is 23.2. The van der Waals surface area contributed by atoms with E-state index in [-0.39, 0.29) is 6.04 Å². The number of thioether (sulfide) groups is 1. The number of benzene rings is 2. The summed E-state index contributed by atoms with van der Waals surface area (Å²) in [5.41, 5.74) is 1.37. The van der Waals surface area contributed by atoms with Gasteiger partial charge in [0, 0.05) is 24.1 Å². The molecule has 1 aliphatic heterocycles. The molecule has 1 N–H and O–H groups in total. The Kier molecular flexibility index (Phi) is 5.62. The Morgan fingerprint density at radius 3 is 2.83 bits per heavy atom. The van der Waals surface area contributed by atoms with Gasteiger partial charge in [0.2, 0.25) is 0 Å². The third-order valence-corrected chi connectivity index (χ3v) is 7.11. The number of sulfone groups is 1. The van der Waals surface area contributed by atoms with Crippen molar-refractivity contribution in [2.24, 2.45) is 0 Å². The lowest BCUT2D eigenvalue weighted by Gasteiger charge is -2.23. The SMILES string of the molecule is O=S1(=O)CCCC(NCCSCc2cccc3ccccc23)C1. The summed E-state index contributed by atoms with van der Waals surface area (Å²) in [7, 11) is -2.81. The largest absolute Gasteiger partial charge is 0.312 e. The quantitative estimate of drug-likeness (QED) is 0.813. The molecule has 0 aromatic heterocycles. The van der Waals surface area contributed by atoms with Gasteiger partial charge in [0.05, 0.1) is 11.5 Å². The minimum atomic E-state index is -2.81. The fourth-order valence-corrected chi connectivity index (χ4v) is 5.67. The first-order valence-corrected chi connectivity index (χ1v) is 11.1. The summed E-state index contributed by atoms with van der Waals surface area (Å²) >= 11 is 1.90. The van der Waals surface area contributed by atoms with E-state index in [1.54, 1.807) is 0 Å².